The summed E-state index contributed by atoms with van der Waals surface area (Å²) >= 11 is 0. The molecule has 4 heterocycles. The molecule has 9 nitrogen and oxygen atoms in total. The van der Waals surface area contributed by atoms with E-state index in [1.54, 1.807) is 12.4 Å². The molecule has 4 N–H and O–H groups in total. The number of hydrogen-bond acceptors (Lipinski definition) is 8. The molecule has 0 aliphatic carbocycles. The third-order valence-electron chi connectivity index (χ3n) is 5.30. The van der Waals surface area contributed by atoms with E-state index in [4.69, 9.17) is 5.73 Å². The standard InChI is InChI=1S/C16H20N8.C5H13N/c1-23(2)10-4-6-24(9-10)16-20-7-11(14(17)22-16)13-8-19-15-12(21-13)3-5-18-15;1-3-4-5-6-2/h3,5,7-8,10H,4,6,9H2,1-2H3,(H,18,19)(H2,17,20,22);6H,3-5H2,1-2H3. The molecule has 1 saturated heterocycles. The summed E-state index contributed by atoms with van der Waals surface area (Å²) in [5.41, 5.74) is 9.10. The number of aromatic amines is 1. The summed E-state index contributed by atoms with van der Waals surface area (Å²) in [5.74, 6) is 1.11. The molecule has 0 aromatic carbocycles. The van der Waals surface area contributed by atoms with E-state index >= 15 is 0 Å². The van der Waals surface area contributed by atoms with Crippen molar-refractivity contribution in [3.8, 4) is 11.3 Å². The molecule has 0 bridgehead atoms. The predicted octanol–water partition coefficient (Wildman–Crippen LogP) is 2.14. The minimum atomic E-state index is 0.428. The number of nitrogens with one attached hydrogen (secondary N) is 2. The van der Waals surface area contributed by atoms with Gasteiger partial charge in [0.1, 0.15) is 11.3 Å². The van der Waals surface area contributed by atoms with E-state index in [2.05, 4.69) is 61.1 Å². The Hall–Kier alpha value is -2.78. The average molecular weight is 412 g/mol. The van der Waals surface area contributed by atoms with Crippen LogP contribution >= 0.6 is 0 Å². The molecule has 1 unspecified atom stereocenters. The fraction of sp³-hybridized carbons (Fsp3) is 0.524. The highest BCUT2D eigenvalue weighted by molar-refractivity contribution is 5.77. The van der Waals surface area contributed by atoms with E-state index < -0.39 is 0 Å². The number of rotatable bonds is 6. The van der Waals surface area contributed by atoms with Crippen LogP contribution in [0.5, 0.6) is 0 Å². The van der Waals surface area contributed by atoms with Gasteiger partial charge < -0.3 is 25.8 Å². The molecule has 1 atom stereocenters. The van der Waals surface area contributed by atoms with Crippen LogP contribution in [0, 0.1) is 0 Å². The molecular formula is C21H33N9. The first-order valence-electron chi connectivity index (χ1n) is 10.5. The van der Waals surface area contributed by atoms with Gasteiger partial charge in [0.2, 0.25) is 5.95 Å². The number of aromatic nitrogens is 5. The first-order chi connectivity index (χ1) is 14.5. The molecule has 0 saturated carbocycles. The Morgan fingerprint density at radius 2 is 2.10 bits per heavy atom. The minimum absolute atomic E-state index is 0.428. The Morgan fingerprint density at radius 3 is 2.73 bits per heavy atom. The van der Waals surface area contributed by atoms with Crippen molar-refractivity contribution in [2.75, 3.05) is 51.4 Å². The van der Waals surface area contributed by atoms with E-state index in [0.717, 1.165) is 37.2 Å². The monoisotopic (exact) mass is 411 g/mol. The molecule has 162 valence electrons. The van der Waals surface area contributed by atoms with E-state index in [1.165, 1.54) is 12.8 Å². The van der Waals surface area contributed by atoms with Gasteiger partial charge in [0.25, 0.3) is 0 Å². The second kappa shape index (κ2) is 10.3. The minimum Gasteiger partial charge on any atom is -0.383 e. The van der Waals surface area contributed by atoms with Crippen molar-refractivity contribution >= 4 is 22.9 Å². The van der Waals surface area contributed by atoms with Crippen molar-refractivity contribution in [2.24, 2.45) is 0 Å². The van der Waals surface area contributed by atoms with Crippen molar-refractivity contribution in [1.82, 2.24) is 35.1 Å². The smallest absolute Gasteiger partial charge is 0.227 e. The SMILES string of the molecule is CCCCNC.CN(C)C1CCN(c2ncc(-c3cnc4[nH]ccc4n3)c(N)n2)C1. The summed E-state index contributed by atoms with van der Waals surface area (Å²) in [5, 5.41) is 3.07. The number of fused-ring (bicyclic) bond motifs is 1. The van der Waals surface area contributed by atoms with E-state index in [1.807, 2.05) is 19.3 Å². The van der Waals surface area contributed by atoms with Crippen molar-refractivity contribution < 1.29 is 0 Å². The van der Waals surface area contributed by atoms with Crippen LogP contribution < -0.4 is 16.0 Å². The first kappa shape index (κ1) is 21.9. The van der Waals surface area contributed by atoms with Gasteiger partial charge in [-0.3, -0.25) is 0 Å². The third kappa shape index (κ3) is 5.22. The number of unbranched alkanes of at least 4 members (excludes halogenated alkanes) is 1. The topological polar surface area (TPSA) is 112 Å². The molecule has 1 aliphatic rings. The number of nitrogens with zero attached hydrogens (tertiary/aromatic N) is 6. The van der Waals surface area contributed by atoms with Crippen LogP contribution in [0.15, 0.2) is 24.7 Å². The van der Waals surface area contributed by atoms with Crippen molar-refractivity contribution in [1.29, 1.82) is 0 Å². The fourth-order valence-electron chi connectivity index (χ4n) is 3.39. The zero-order chi connectivity index (χ0) is 21.5. The second-order valence-corrected chi connectivity index (χ2v) is 7.74. The number of anilines is 2. The Labute approximate surface area is 178 Å². The summed E-state index contributed by atoms with van der Waals surface area (Å²) in [6.45, 7) is 5.21. The molecule has 0 radical (unpaired) electrons. The maximum atomic E-state index is 6.17. The molecule has 1 fully saturated rings. The van der Waals surface area contributed by atoms with Crippen LogP contribution in [-0.4, -0.2) is 76.6 Å². The largest absolute Gasteiger partial charge is 0.383 e. The number of hydrogen-bond donors (Lipinski definition) is 3. The van der Waals surface area contributed by atoms with Gasteiger partial charge in [-0.15, -0.1) is 0 Å². The second-order valence-electron chi connectivity index (χ2n) is 7.74. The normalized spacial score (nSPS) is 16.2. The van der Waals surface area contributed by atoms with Crippen molar-refractivity contribution in [2.45, 2.75) is 32.2 Å². The molecule has 3 aromatic rings. The van der Waals surface area contributed by atoms with Gasteiger partial charge in [-0.05, 0) is 46.6 Å². The zero-order valence-corrected chi connectivity index (χ0v) is 18.4. The van der Waals surface area contributed by atoms with Gasteiger partial charge in [0, 0.05) is 31.5 Å². The van der Waals surface area contributed by atoms with Gasteiger partial charge in [0.15, 0.2) is 5.65 Å². The molecule has 0 spiro atoms. The van der Waals surface area contributed by atoms with Crippen LogP contribution in [0.25, 0.3) is 22.4 Å². The molecular weight excluding hydrogens is 378 g/mol. The average Bonchev–Trinajstić information content (AvgIpc) is 3.41. The van der Waals surface area contributed by atoms with Crippen LogP contribution in [0.2, 0.25) is 0 Å². The lowest BCUT2D eigenvalue weighted by atomic mass is 10.2. The number of likely N-dealkylation sites (N-methyl/N-ethyl adjacent to an activating group) is 1. The molecule has 0 amide bonds. The van der Waals surface area contributed by atoms with Crippen LogP contribution in [-0.2, 0) is 0 Å². The summed E-state index contributed by atoms with van der Waals surface area (Å²) < 4.78 is 0. The molecule has 4 rings (SSSR count). The highest BCUT2D eigenvalue weighted by atomic mass is 15.3. The van der Waals surface area contributed by atoms with E-state index in [-0.39, 0.29) is 0 Å². The summed E-state index contributed by atoms with van der Waals surface area (Å²) in [6.07, 6.45) is 8.94. The first-order valence-corrected chi connectivity index (χ1v) is 10.5. The summed E-state index contributed by atoms with van der Waals surface area (Å²) in [7, 11) is 6.18. The third-order valence-corrected chi connectivity index (χ3v) is 5.30. The lowest BCUT2D eigenvalue weighted by molar-refractivity contribution is 0.315. The Balaban J connectivity index is 0.000000377. The number of nitrogens with two attached hydrogens (primary N) is 1. The van der Waals surface area contributed by atoms with Gasteiger partial charge in [-0.25, -0.2) is 15.0 Å². The lowest BCUT2D eigenvalue weighted by Crippen LogP contribution is -2.32. The van der Waals surface area contributed by atoms with Crippen LogP contribution in [0.1, 0.15) is 26.2 Å². The number of nitrogen functional groups attached to an aromatic ring is 1. The Bertz CT molecular complexity index is 933. The highest BCUT2D eigenvalue weighted by Crippen LogP contribution is 2.26. The lowest BCUT2D eigenvalue weighted by Gasteiger charge is -2.20. The molecule has 30 heavy (non-hydrogen) atoms. The Morgan fingerprint density at radius 1 is 1.27 bits per heavy atom. The van der Waals surface area contributed by atoms with Crippen molar-refractivity contribution in [3.63, 3.8) is 0 Å². The van der Waals surface area contributed by atoms with E-state index in [9.17, 15) is 0 Å². The van der Waals surface area contributed by atoms with Crippen LogP contribution in [0.4, 0.5) is 11.8 Å². The maximum Gasteiger partial charge on any atom is 0.227 e. The highest BCUT2D eigenvalue weighted by Gasteiger charge is 2.26. The van der Waals surface area contributed by atoms with Gasteiger partial charge in [0.05, 0.1) is 17.5 Å². The quantitative estimate of drug-likeness (QED) is 0.529. The predicted molar refractivity (Wildman–Crippen MR) is 122 cm³/mol. The molecule has 1 aliphatic heterocycles. The van der Waals surface area contributed by atoms with E-state index in [0.29, 0.717) is 29.1 Å². The van der Waals surface area contributed by atoms with Gasteiger partial charge in [-0.2, -0.15) is 4.98 Å². The van der Waals surface area contributed by atoms with Gasteiger partial charge in [-0.1, -0.05) is 13.3 Å². The van der Waals surface area contributed by atoms with Gasteiger partial charge >= 0.3 is 0 Å². The number of H-pyrrole nitrogens is 1. The molecule has 3 aromatic heterocycles. The fourth-order valence-corrected chi connectivity index (χ4v) is 3.39. The maximum absolute atomic E-state index is 6.17. The summed E-state index contributed by atoms with van der Waals surface area (Å²) in [6, 6.07) is 2.40. The van der Waals surface area contributed by atoms with Crippen LogP contribution in [0.3, 0.4) is 0 Å². The Kier molecular flexibility index (Phi) is 7.53. The summed E-state index contributed by atoms with van der Waals surface area (Å²) in [4.78, 5) is 25.3. The molecule has 9 heteroatoms. The van der Waals surface area contributed by atoms with Crippen molar-refractivity contribution in [3.05, 3.63) is 24.7 Å². The zero-order valence-electron chi connectivity index (χ0n) is 18.4.